The highest BCUT2D eigenvalue weighted by molar-refractivity contribution is 6.16. The molecule has 0 aromatic carbocycles. The van der Waals surface area contributed by atoms with Crippen molar-refractivity contribution in [1.82, 2.24) is 20.0 Å². The van der Waals surface area contributed by atoms with Crippen molar-refractivity contribution < 1.29 is 4.42 Å². The van der Waals surface area contributed by atoms with Crippen molar-refractivity contribution in [3.05, 3.63) is 29.7 Å². The Bertz CT molecular complexity index is 498. The maximum Gasteiger partial charge on any atom is 0.216 e. The van der Waals surface area contributed by atoms with Gasteiger partial charge in [-0.05, 0) is 0 Å². The third kappa shape index (κ3) is 2.85. The number of aromatic nitrogens is 4. The Hall–Kier alpha value is -1.36. The molecule has 0 unspecified atom stereocenters. The van der Waals surface area contributed by atoms with Gasteiger partial charge in [-0.3, -0.25) is 0 Å². The van der Waals surface area contributed by atoms with Crippen LogP contribution in [0.5, 0.6) is 0 Å². The number of oxazole rings is 1. The van der Waals surface area contributed by atoms with Gasteiger partial charge in [0.2, 0.25) is 5.89 Å². The van der Waals surface area contributed by atoms with Crippen molar-refractivity contribution in [1.29, 1.82) is 0 Å². The number of nitrogens with zero attached hydrogens (tertiary/aromatic N) is 4. The molecule has 2 heterocycles. The Morgan fingerprint density at radius 3 is 2.71 bits per heavy atom. The van der Waals surface area contributed by atoms with Crippen LogP contribution in [0.15, 0.2) is 16.8 Å². The Kier molecular flexibility index (Phi) is 3.19. The van der Waals surface area contributed by atoms with Crippen LogP contribution in [0.2, 0.25) is 0 Å². The number of hydrogen-bond donors (Lipinski definition) is 0. The molecule has 6 heteroatoms. The fraction of sp³-hybridized carbons (Fsp3) is 0.545. The normalized spacial score (nSPS) is 12.0. The van der Waals surface area contributed by atoms with E-state index in [-0.39, 0.29) is 5.41 Å². The van der Waals surface area contributed by atoms with Gasteiger partial charge >= 0.3 is 0 Å². The van der Waals surface area contributed by atoms with E-state index in [2.05, 4.69) is 36.1 Å². The van der Waals surface area contributed by atoms with Gasteiger partial charge in [0.05, 0.1) is 24.0 Å². The van der Waals surface area contributed by atoms with Gasteiger partial charge in [0.15, 0.2) is 0 Å². The van der Waals surface area contributed by atoms with Gasteiger partial charge in [-0.15, -0.1) is 16.7 Å². The lowest BCUT2D eigenvalue weighted by molar-refractivity contribution is 0.371. The molecule has 2 rings (SSSR count). The van der Waals surface area contributed by atoms with Gasteiger partial charge in [0.25, 0.3) is 0 Å². The summed E-state index contributed by atoms with van der Waals surface area (Å²) in [6, 6.07) is 0. The lowest BCUT2D eigenvalue weighted by atomic mass is 9.94. The molecule has 2 aromatic heterocycles. The highest BCUT2D eigenvalue weighted by Crippen LogP contribution is 2.22. The number of rotatable bonds is 3. The van der Waals surface area contributed by atoms with Crippen LogP contribution in [-0.2, 0) is 17.8 Å². The van der Waals surface area contributed by atoms with Gasteiger partial charge < -0.3 is 4.42 Å². The Labute approximate surface area is 105 Å². The Morgan fingerprint density at radius 1 is 1.41 bits per heavy atom. The number of alkyl halides is 1. The highest BCUT2D eigenvalue weighted by Gasteiger charge is 2.19. The summed E-state index contributed by atoms with van der Waals surface area (Å²) in [5.41, 5.74) is 0.712. The summed E-state index contributed by atoms with van der Waals surface area (Å²) in [6.45, 7) is 6.72. The summed E-state index contributed by atoms with van der Waals surface area (Å²) in [5, 5.41) is 7.83. The summed E-state index contributed by atoms with van der Waals surface area (Å²) in [7, 11) is 0. The first kappa shape index (κ1) is 12.1. The molecule has 0 aliphatic carbocycles. The molecule has 0 saturated carbocycles. The first-order valence-corrected chi connectivity index (χ1v) is 5.92. The lowest BCUT2D eigenvalue weighted by Crippen LogP contribution is -2.09. The second-order valence-corrected chi connectivity index (χ2v) is 5.18. The summed E-state index contributed by atoms with van der Waals surface area (Å²) in [4.78, 5) is 4.22. The van der Waals surface area contributed by atoms with E-state index in [1.54, 1.807) is 17.1 Å². The molecule has 0 atom stereocenters. The SMILES string of the molecule is CC(C)(C)c1cnc(Cn2cc(CCl)nn2)o1. The molecule has 0 radical (unpaired) electrons. The van der Waals surface area contributed by atoms with Gasteiger partial charge in [-0.2, -0.15) is 0 Å². The molecule has 0 saturated heterocycles. The fourth-order valence-corrected chi connectivity index (χ4v) is 1.47. The van der Waals surface area contributed by atoms with Crippen LogP contribution in [0.25, 0.3) is 0 Å². The molecular formula is C11H15ClN4O. The van der Waals surface area contributed by atoms with Crippen LogP contribution in [-0.4, -0.2) is 20.0 Å². The molecular weight excluding hydrogens is 240 g/mol. The van der Waals surface area contributed by atoms with Crippen LogP contribution in [0, 0.1) is 0 Å². The standard InChI is InChI=1S/C11H15ClN4O/c1-11(2,3)9-5-13-10(17-9)7-16-6-8(4-12)14-15-16/h5-6H,4,7H2,1-3H3. The van der Waals surface area contributed by atoms with E-state index < -0.39 is 0 Å². The van der Waals surface area contributed by atoms with Crippen LogP contribution >= 0.6 is 11.6 Å². The molecule has 0 aliphatic rings. The fourth-order valence-electron chi connectivity index (χ4n) is 1.35. The molecule has 17 heavy (non-hydrogen) atoms. The molecule has 92 valence electrons. The topological polar surface area (TPSA) is 56.7 Å². The quantitative estimate of drug-likeness (QED) is 0.789. The summed E-state index contributed by atoms with van der Waals surface area (Å²) in [5.74, 6) is 1.85. The second kappa shape index (κ2) is 4.49. The predicted molar refractivity (Wildman–Crippen MR) is 63.9 cm³/mol. The number of hydrogen-bond acceptors (Lipinski definition) is 4. The van der Waals surface area contributed by atoms with E-state index in [9.17, 15) is 0 Å². The molecule has 0 aliphatic heterocycles. The first-order valence-electron chi connectivity index (χ1n) is 5.39. The average Bonchev–Trinajstić information content (AvgIpc) is 2.86. The minimum atomic E-state index is -0.0328. The highest BCUT2D eigenvalue weighted by atomic mass is 35.5. The minimum Gasteiger partial charge on any atom is -0.443 e. The van der Waals surface area contributed by atoms with E-state index in [0.29, 0.717) is 18.3 Å². The minimum absolute atomic E-state index is 0.0328. The second-order valence-electron chi connectivity index (χ2n) is 4.91. The van der Waals surface area contributed by atoms with Gasteiger partial charge in [-0.1, -0.05) is 26.0 Å². The molecule has 2 aromatic rings. The smallest absolute Gasteiger partial charge is 0.216 e. The van der Waals surface area contributed by atoms with E-state index >= 15 is 0 Å². The van der Waals surface area contributed by atoms with Gasteiger partial charge in [0, 0.05) is 5.41 Å². The molecule has 5 nitrogen and oxygen atoms in total. The first-order chi connectivity index (χ1) is 7.99. The van der Waals surface area contributed by atoms with Crippen molar-refractivity contribution in [3.8, 4) is 0 Å². The Balaban J connectivity index is 2.11. The van der Waals surface area contributed by atoms with Gasteiger partial charge in [0.1, 0.15) is 12.3 Å². The third-order valence-corrected chi connectivity index (χ3v) is 2.59. The molecule has 0 bridgehead atoms. The van der Waals surface area contributed by atoms with E-state index in [4.69, 9.17) is 16.0 Å². The van der Waals surface area contributed by atoms with Crippen LogP contribution < -0.4 is 0 Å². The average molecular weight is 255 g/mol. The monoisotopic (exact) mass is 254 g/mol. The molecule has 0 fully saturated rings. The zero-order chi connectivity index (χ0) is 12.5. The maximum atomic E-state index is 5.66. The lowest BCUT2D eigenvalue weighted by Gasteiger charge is -2.12. The third-order valence-electron chi connectivity index (χ3n) is 2.31. The van der Waals surface area contributed by atoms with Gasteiger partial charge in [-0.25, -0.2) is 9.67 Å². The van der Waals surface area contributed by atoms with Crippen LogP contribution in [0.1, 0.15) is 38.1 Å². The zero-order valence-electron chi connectivity index (χ0n) is 10.1. The van der Waals surface area contributed by atoms with Crippen molar-refractivity contribution in [2.75, 3.05) is 0 Å². The van der Waals surface area contributed by atoms with Crippen LogP contribution in [0.3, 0.4) is 0 Å². The molecule has 0 N–H and O–H groups in total. The predicted octanol–water partition coefficient (Wildman–Crippen LogP) is 2.35. The van der Waals surface area contributed by atoms with Crippen molar-refractivity contribution in [3.63, 3.8) is 0 Å². The maximum absolute atomic E-state index is 5.66. The summed E-state index contributed by atoms with van der Waals surface area (Å²) in [6.07, 6.45) is 3.54. The summed E-state index contributed by atoms with van der Waals surface area (Å²) < 4.78 is 7.32. The van der Waals surface area contributed by atoms with Crippen molar-refractivity contribution in [2.45, 2.75) is 38.6 Å². The zero-order valence-corrected chi connectivity index (χ0v) is 10.9. The number of halogens is 1. The van der Waals surface area contributed by atoms with E-state index in [0.717, 1.165) is 11.5 Å². The van der Waals surface area contributed by atoms with Crippen molar-refractivity contribution in [2.24, 2.45) is 0 Å². The summed E-state index contributed by atoms with van der Waals surface area (Å²) >= 11 is 5.65. The van der Waals surface area contributed by atoms with Crippen molar-refractivity contribution >= 4 is 11.6 Å². The van der Waals surface area contributed by atoms with E-state index in [1.165, 1.54) is 0 Å². The molecule has 0 amide bonds. The molecule has 0 spiro atoms. The van der Waals surface area contributed by atoms with E-state index in [1.807, 2.05) is 0 Å². The van der Waals surface area contributed by atoms with Crippen LogP contribution in [0.4, 0.5) is 0 Å². The Morgan fingerprint density at radius 2 is 2.18 bits per heavy atom. The largest absolute Gasteiger partial charge is 0.443 e.